The number of allylic oxidation sites excluding steroid dienone is 3. The van der Waals surface area contributed by atoms with Crippen molar-refractivity contribution in [2.45, 2.75) is 127 Å². The molecule has 6 rings (SSSR count). The van der Waals surface area contributed by atoms with Gasteiger partial charge in [-0.2, -0.15) is 0 Å². The molecule has 0 spiro atoms. The molecule has 80 heavy (non-hydrogen) atoms. The smallest absolute Gasteiger partial charge is 0.409 e. The number of aliphatic hydroxyl groups is 1. The summed E-state index contributed by atoms with van der Waals surface area (Å²) >= 11 is 7.80. The number of epoxide rings is 1. The highest BCUT2D eigenvalue weighted by Crippen LogP contribution is 2.52. The van der Waals surface area contributed by atoms with E-state index in [-0.39, 0.29) is 54.8 Å². The molecule has 5 aliphatic rings. The number of methoxy groups -OCH3 is 2. The number of rotatable bonds is 25. The number of carbonyl (C=O) groups excluding carboxylic acids is 6. The minimum Gasteiger partial charge on any atom is -0.495 e. The van der Waals surface area contributed by atoms with Crippen LogP contribution >= 0.6 is 23.4 Å². The number of carbonyl (C=O) groups is 6. The summed E-state index contributed by atoms with van der Waals surface area (Å²) in [5.74, 6) is 6.31. The summed E-state index contributed by atoms with van der Waals surface area (Å²) in [7, 11) is 5.90. The topological polar surface area (TPSA) is 249 Å². The number of amides is 4. The zero-order valence-corrected chi connectivity index (χ0v) is 49.0. The van der Waals surface area contributed by atoms with Gasteiger partial charge in [-0.15, -0.1) is 11.8 Å². The van der Waals surface area contributed by atoms with E-state index in [4.69, 9.17) is 59.0 Å². The molecule has 1 saturated carbocycles. The van der Waals surface area contributed by atoms with E-state index in [0.717, 1.165) is 48.6 Å². The van der Waals surface area contributed by atoms with Crippen molar-refractivity contribution >= 4 is 64.1 Å². The van der Waals surface area contributed by atoms with Crippen molar-refractivity contribution in [3.8, 4) is 17.6 Å². The first-order valence-electron chi connectivity index (χ1n) is 27.5. The zero-order valence-electron chi connectivity index (χ0n) is 47.4. The summed E-state index contributed by atoms with van der Waals surface area (Å²) in [6, 6.07) is 2.44. The largest absolute Gasteiger partial charge is 0.495 e. The SMILES string of the molecule is COc1cc2cc(c1Cl)N(C)C(=O)C[C@H](OC(=O)[C@@H](C)N(C)C(=O)CCSC(=O)CCOCCOCCOCCOCCNC(=O)OCC1[C@H]3CCC#CCC[C@@H]13)[C@]1(C)O[C@H]1[C@H](C)C1CC(O)(NC(=O)O1)[C@H](OC)/C=C/C=C(\C)C2. The number of benzene rings is 1. The highest BCUT2D eigenvalue weighted by Gasteiger charge is 2.64. The Balaban J connectivity index is 0.891. The standard InChI is InChI=1S/C57H81ClN4O17S/c1-36-14-13-17-46(71-8)57(69)34-45(77-55(68)60-57)37(2)52-56(4,79-52)47(33-49(64)62(6)43-31-39(30-36)32-44(70-7)51(43)58)78-53(66)38(3)61(5)48(63)19-29-80-50(65)18-21-72-23-25-74-27-28-75-26-24-73-22-20-59-54(67)76-35-42-40-15-11-9-10-12-16-41(40)42/h13-14,17,31-32,37-38,40-42,45-47,52,69H,11-12,15-16,18-30,33-35H2,1-8H3,(H,59,67)(H,60,68)/b17-13+,36-14+/t37-,38-,40-,41+,42?,45?,46-,47+,52+,56+,57?/m1/s1. The van der Waals surface area contributed by atoms with Crippen LogP contribution in [0.3, 0.4) is 0 Å². The summed E-state index contributed by atoms with van der Waals surface area (Å²) in [5, 5.41) is 17.1. The van der Waals surface area contributed by atoms with Crippen molar-refractivity contribution < 1.29 is 81.2 Å². The Morgan fingerprint density at radius 3 is 2.29 bits per heavy atom. The molecule has 0 radical (unpaired) electrons. The van der Waals surface area contributed by atoms with E-state index in [1.807, 2.05) is 13.0 Å². The van der Waals surface area contributed by atoms with Crippen molar-refractivity contribution in [2.75, 3.05) is 105 Å². The maximum absolute atomic E-state index is 14.3. The number of hydrogen-bond acceptors (Lipinski definition) is 18. The number of ether oxygens (including phenoxy) is 10. The molecule has 3 fully saturated rings. The Kier molecular flexibility index (Phi) is 24.8. The number of nitrogens with one attached hydrogen (secondary N) is 2. The number of halogens is 1. The Morgan fingerprint density at radius 1 is 0.988 bits per heavy atom. The van der Waals surface area contributed by atoms with E-state index >= 15 is 0 Å². The Bertz CT molecular complexity index is 2420. The number of likely N-dealkylation sites (N-methyl/N-ethyl adjacent to an activating group) is 1. The van der Waals surface area contributed by atoms with E-state index in [1.165, 1.54) is 38.0 Å². The first-order valence-corrected chi connectivity index (χ1v) is 28.8. The molecule has 4 amide bonds. The Labute approximate surface area is 479 Å². The molecule has 21 nitrogen and oxygen atoms in total. The van der Waals surface area contributed by atoms with Crippen LogP contribution < -0.4 is 20.3 Å². The van der Waals surface area contributed by atoms with Crippen LogP contribution in [0, 0.1) is 35.5 Å². The molecule has 3 aliphatic heterocycles. The monoisotopic (exact) mass is 1160 g/mol. The van der Waals surface area contributed by atoms with Gasteiger partial charge in [0.2, 0.25) is 11.8 Å². The maximum atomic E-state index is 14.3. The lowest BCUT2D eigenvalue weighted by Gasteiger charge is -2.42. The Hall–Kier alpha value is -4.96. The lowest BCUT2D eigenvalue weighted by atomic mass is 9.83. The number of thioether (sulfide) groups is 1. The molecular weight excluding hydrogens is 1080 g/mol. The fraction of sp³-hybridized carbons (Fsp3) is 0.684. The van der Waals surface area contributed by atoms with Gasteiger partial charge >= 0.3 is 18.2 Å². The highest BCUT2D eigenvalue weighted by atomic mass is 35.5. The van der Waals surface area contributed by atoms with Gasteiger partial charge in [-0.1, -0.05) is 54.1 Å². The molecule has 444 valence electrons. The summed E-state index contributed by atoms with van der Waals surface area (Å²) in [5.41, 5.74) is -1.13. The average Bonchev–Trinajstić information content (AvgIpc) is 4.37. The van der Waals surface area contributed by atoms with Crippen LogP contribution in [0.5, 0.6) is 5.75 Å². The number of fused-ring (bicyclic) bond motifs is 6. The zero-order chi connectivity index (χ0) is 58.0. The van der Waals surface area contributed by atoms with Crippen molar-refractivity contribution in [1.29, 1.82) is 0 Å². The van der Waals surface area contributed by atoms with Gasteiger partial charge in [-0.3, -0.25) is 19.7 Å². The number of nitrogens with zero attached hydrogens (tertiary/aromatic N) is 2. The first-order chi connectivity index (χ1) is 38.3. The van der Waals surface area contributed by atoms with E-state index in [1.54, 1.807) is 45.2 Å². The van der Waals surface area contributed by atoms with Gasteiger partial charge in [0.05, 0.1) is 84.8 Å². The summed E-state index contributed by atoms with van der Waals surface area (Å²) in [6.07, 6.45) is 4.18. The second-order valence-electron chi connectivity index (χ2n) is 21.0. The third-order valence-electron chi connectivity index (χ3n) is 15.4. The van der Waals surface area contributed by atoms with Crippen molar-refractivity contribution in [1.82, 2.24) is 15.5 Å². The lowest BCUT2D eigenvalue weighted by Crippen LogP contribution is -2.63. The van der Waals surface area contributed by atoms with E-state index in [2.05, 4.69) is 22.5 Å². The van der Waals surface area contributed by atoms with Crippen LogP contribution in [0.4, 0.5) is 15.3 Å². The molecule has 2 aliphatic carbocycles. The second-order valence-corrected chi connectivity index (χ2v) is 22.6. The van der Waals surface area contributed by atoms with Crippen LogP contribution in [-0.4, -0.2) is 187 Å². The molecule has 23 heteroatoms. The number of esters is 1. The van der Waals surface area contributed by atoms with Gasteiger partial charge in [0.25, 0.3) is 0 Å². The number of hydrogen-bond donors (Lipinski definition) is 3. The molecule has 1 aromatic carbocycles. The second kappa shape index (κ2) is 30.9. The molecule has 2 saturated heterocycles. The van der Waals surface area contributed by atoms with Crippen molar-refractivity contribution in [3.63, 3.8) is 0 Å². The lowest BCUT2D eigenvalue weighted by molar-refractivity contribution is -0.162. The molecule has 3 N–H and O–H groups in total. The molecule has 3 heterocycles. The molecule has 4 bridgehead atoms. The molecule has 11 atom stereocenters. The highest BCUT2D eigenvalue weighted by molar-refractivity contribution is 8.13. The predicted octanol–water partition coefficient (Wildman–Crippen LogP) is 5.79. The number of alkyl carbamates (subject to hydrolysis) is 2. The van der Waals surface area contributed by atoms with Crippen LogP contribution in [0.25, 0.3) is 0 Å². The van der Waals surface area contributed by atoms with Gasteiger partial charge in [-0.05, 0) is 75.5 Å². The first kappa shape index (κ1) is 64.2. The molecular formula is C57H81ClN4O17S. The number of anilines is 1. The van der Waals surface area contributed by atoms with Crippen LogP contribution in [0.2, 0.25) is 5.02 Å². The molecule has 0 aromatic heterocycles. The fourth-order valence-electron chi connectivity index (χ4n) is 10.4. The van der Waals surface area contributed by atoms with Gasteiger partial charge in [0.1, 0.15) is 40.7 Å². The van der Waals surface area contributed by atoms with Gasteiger partial charge in [0.15, 0.2) is 10.8 Å². The third kappa shape index (κ3) is 18.3. The predicted molar refractivity (Wildman–Crippen MR) is 297 cm³/mol. The maximum Gasteiger partial charge on any atom is 0.409 e. The fourth-order valence-corrected chi connectivity index (χ4v) is 11.4. The minimum atomic E-state index is -1.87. The normalized spacial score (nSPS) is 28.7. The summed E-state index contributed by atoms with van der Waals surface area (Å²) in [4.78, 5) is 82.0. The van der Waals surface area contributed by atoms with Crippen molar-refractivity contribution in [2.24, 2.45) is 23.7 Å². The Morgan fingerprint density at radius 2 is 1.64 bits per heavy atom. The van der Waals surface area contributed by atoms with Gasteiger partial charge in [0, 0.05) is 71.5 Å². The average molecular weight is 1160 g/mol. The quantitative estimate of drug-likeness (QED) is 0.0345. The molecule has 3 unspecified atom stereocenters. The van der Waals surface area contributed by atoms with E-state index in [9.17, 15) is 33.9 Å². The minimum absolute atomic E-state index is 0.0496. The summed E-state index contributed by atoms with van der Waals surface area (Å²) < 4.78 is 56.9. The third-order valence-corrected chi connectivity index (χ3v) is 16.7. The van der Waals surface area contributed by atoms with E-state index in [0.29, 0.717) is 88.4 Å². The van der Waals surface area contributed by atoms with Crippen LogP contribution in [0.15, 0.2) is 35.9 Å². The summed E-state index contributed by atoms with van der Waals surface area (Å²) in [6.45, 7) is 10.2. The van der Waals surface area contributed by atoms with Crippen molar-refractivity contribution in [3.05, 3.63) is 46.5 Å². The van der Waals surface area contributed by atoms with Gasteiger partial charge < -0.3 is 67.6 Å². The van der Waals surface area contributed by atoms with E-state index < -0.39 is 77.7 Å². The molecule has 1 aromatic rings. The van der Waals surface area contributed by atoms with Gasteiger partial charge in [-0.25, -0.2) is 14.4 Å². The van der Waals surface area contributed by atoms with Crippen LogP contribution in [0.1, 0.15) is 84.6 Å². The van der Waals surface area contributed by atoms with Crippen LogP contribution in [-0.2, 0) is 68.2 Å².